The Bertz CT molecular complexity index is 55.7. The molecule has 42 valence electrons. The van der Waals surface area contributed by atoms with E-state index in [0.717, 1.165) is 0 Å². The summed E-state index contributed by atoms with van der Waals surface area (Å²) >= 11 is 0. The van der Waals surface area contributed by atoms with Gasteiger partial charge < -0.3 is 10.5 Å². The van der Waals surface area contributed by atoms with E-state index in [-0.39, 0.29) is 6.17 Å². The second-order valence-electron chi connectivity index (χ2n) is 1.21. The summed E-state index contributed by atoms with van der Waals surface area (Å²) in [5, 5.41) is 0. The Kier molecular flexibility index (Phi) is 3.55. The lowest BCUT2D eigenvalue weighted by Gasteiger charge is -2.00. The topological polar surface area (TPSA) is 47.6 Å². The van der Waals surface area contributed by atoms with Crippen LogP contribution in [-0.2, 0) is 4.74 Å². The largest absolute Gasteiger partial charge is 0.381 e. The average molecular weight is 102 g/mol. The Morgan fingerprint density at radius 2 is 2.57 bits per heavy atom. The average Bonchev–Trinajstić information content (AvgIpc) is 1.68. The highest BCUT2D eigenvalue weighted by molar-refractivity contribution is 5.23. The molecule has 3 heteroatoms. The summed E-state index contributed by atoms with van der Waals surface area (Å²) in [6.07, 6.45) is -0.259. The summed E-state index contributed by atoms with van der Waals surface area (Å²) in [4.78, 5) is 3.48. The highest BCUT2D eigenvalue weighted by Crippen LogP contribution is 1.75. The fraction of sp³-hybridized carbons (Fsp3) is 0.750. The van der Waals surface area contributed by atoms with Crippen LogP contribution in [0.2, 0.25) is 0 Å². The fourth-order valence-corrected chi connectivity index (χ4v) is 0.223. The predicted octanol–water partition coefficient (Wildman–Crippen LogP) is -0.382. The number of ether oxygens (including phenoxy) is 1. The first-order valence-electron chi connectivity index (χ1n) is 2.01. The summed E-state index contributed by atoms with van der Waals surface area (Å²) in [6, 6.07) is 0. The summed E-state index contributed by atoms with van der Waals surface area (Å²) < 4.78 is 4.64. The summed E-state index contributed by atoms with van der Waals surface area (Å²) in [6.45, 7) is 3.67. The minimum atomic E-state index is -0.259. The van der Waals surface area contributed by atoms with Gasteiger partial charge in [0.1, 0.15) is 6.17 Å². The molecule has 0 aromatic heterocycles. The number of hydrogen-bond acceptors (Lipinski definition) is 3. The van der Waals surface area contributed by atoms with Crippen molar-refractivity contribution in [3.05, 3.63) is 0 Å². The number of methoxy groups -OCH3 is 1. The van der Waals surface area contributed by atoms with Crippen LogP contribution >= 0.6 is 0 Å². The minimum absolute atomic E-state index is 0.259. The van der Waals surface area contributed by atoms with Crippen LogP contribution in [0.4, 0.5) is 0 Å². The third-order valence-electron chi connectivity index (χ3n) is 0.572. The normalized spacial score (nSPS) is 13.4. The molecule has 0 aromatic carbocycles. The molecule has 0 bridgehead atoms. The van der Waals surface area contributed by atoms with Gasteiger partial charge in [-0.1, -0.05) is 0 Å². The van der Waals surface area contributed by atoms with Gasteiger partial charge in [0.2, 0.25) is 0 Å². The Morgan fingerprint density at radius 1 is 2.00 bits per heavy atom. The Hall–Kier alpha value is -0.410. The van der Waals surface area contributed by atoms with Crippen molar-refractivity contribution in [3.8, 4) is 0 Å². The van der Waals surface area contributed by atoms with Crippen molar-refractivity contribution >= 4 is 6.72 Å². The van der Waals surface area contributed by atoms with E-state index in [2.05, 4.69) is 16.4 Å². The van der Waals surface area contributed by atoms with Crippen LogP contribution < -0.4 is 5.73 Å². The third-order valence-corrected chi connectivity index (χ3v) is 0.572. The maximum absolute atomic E-state index is 5.23. The van der Waals surface area contributed by atoms with Gasteiger partial charge in [0, 0.05) is 7.11 Å². The van der Waals surface area contributed by atoms with Gasteiger partial charge in [-0.2, -0.15) is 0 Å². The number of aliphatic imine (C=N–C) groups is 1. The van der Waals surface area contributed by atoms with Crippen molar-refractivity contribution in [3.63, 3.8) is 0 Å². The summed E-state index contributed by atoms with van der Waals surface area (Å²) in [5.41, 5.74) is 5.23. The van der Waals surface area contributed by atoms with Gasteiger partial charge in [0.15, 0.2) is 0 Å². The molecule has 1 unspecified atom stereocenters. The second-order valence-corrected chi connectivity index (χ2v) is 1.21. The summed E-state index contributed by atoms with van der Waals surface area (Å²) in [5.74, 6) is 0. The Morgan fingerprint density at radius 3 is 2.71 bits per heavy atom. The van der Waals surface area contributed by atoms with E-state index in [1.165, 1.54) is 0 Å². The molecule has 0 saturated carbocycles. The molecule has 0 aliphatic carbocycles. The first kappa shape index (κ1) is 6.59. The van der Waals surface area contributed by atoms with E-state index in [9.17, 15) is 0 Å². The molecule has 7 heavy (non-hydrogen) atoms. The van der Waals surface area contributed by atoms with E-state index >= 15 is 0 Å². The zero-order valence-electron chi connectivity index (χ0n) is 4.42. The van der Waals surface area contributed by atoms with E-state index in [0.29, 0.717) is 6.61 Å². The van der Waals surface area contributed by atoms with Gasteiger partial charge >= 0.3 is 0 Å². The van der Waals surface area contributed by atoms with Crippen LogP contribution in [0.5, 0.6) is 0 Å². The molecule has 0 aromatic rings. The lowest BCUT2D eigenvalue weighted by Crippen LogP contribution is -2.22. The number of nitrogens with zero attached hydrogens (tertiary/aromatic N) is 1. The fourth-order valence-electron chi connectivity index (χ4n) is 0.223. The van der Waals surface area contributed by atoms with Crippen LogP contribution in [-0.4, -0.2) is 26.6 Å². The first-order valence-corrected chi connectivity index (χ1v) is 2.01. The van der Waals surface area contributed by atoms with Crippen molar-refractivity contribution in [2.45, 2.75) is 6.17 Å². The van der Waals surface area contributed by atoms with Gasteiger partial charge in [0.05, 0.1) is 6.61 Å². The Labute approximate surface area is 43.2 Å². The first-order chi connectivity index (χ1) is 3.31. The van der Waals surface area contributed by atoms with Crippen LogP contribution in [0.3, 0.4) is 0 Å². The molecule has 1 atom stereocenters. The SMILES string of the molecule is C=NC(N)COC. The van der Waals surface area contributed by atoms with E-state index in [1.54, 1.807) is 7.11 Å². The van der Waals surface area contributed by atoms with E-state index in [1.807, 2.05) is 0 Å². The predicted molar refractivity (Wildman–Crippen MR) is 29.4 cm³/mol. The molecular formula is C4H10N2O. The molecule has 0 spiro atoms. The van der Waals surface area contributed by atoms with E-state index < -0.39 is 0 Å². The van der Waals surface area contributed by atoms with Crippen molar-refractivity contribution in [1.82, 2.24) is 0 Å². The van der Waals surface area contributed by atoms with Gasteiger partial charge in [0.25, 0.3) is 0 Å². The zero-order valence-corrected chi connectivity index (χ0v) is 4.42. The maximum Gasteiger partial charge on any atom is 0.120 e. The molecular weight excluding hydrogens is 92.1 g/mol. The van der Waals surface area contributed by atoms with Crippen LogP contribution in [0.25, 0.3) is 0 Å². The number of rotatable bonds is 3. The number of nitrogens with two attached hydrogens (primary N) is 1. The van der Waals surface area contributed by atoms with Gasteiger partial charge in [-0.25, -0.2) is 0 Å². The van der Waals surface area contributed by atoms with Crippen LogP contribution in [0.1, 0.15) is 0 Å². The minimum Gasteiger partial charge on any atom is -0.381 e. The molecule has 0 rings (SSSR count). The van der Waals surface area contributed by atoms with Gasteiger partial charge in [-0.3, -0.25) is 4.99 Å². The molecule has 0 aliphatic rings. The molecule has 0 fully saturated rings. The molecule has 0 amide bonds. The monoisotopic (exact) mass is 102 g/mol. The highest BCUT2D eigenvalue weighted by atomic mass is 16.5. The quantitative estimate of drug-likeness (QED) is 0.494. The second kappa shape index (κ2) is 3.77. The molecule has 0 heterocycles. The molecule has 0 saturated heterocycles. The lowest BCUT2D eigenvalue weighted by molar-refractivity contribution is 0.183. The van der Waals surface area contributed by atoms with Gasteiger partial charge in [-0.05, 0) is 6.72 Å². The van der Waals surface area contributed by atoms with E-state index in [4.69, 9.17) is 5.73 Å². The number of hydrogen-bond donors (Lipinski definition) is 1. The molecule has 3 nitrogen and oxygen atoms in total. The summed E-state index contributed by atoms with van der Waals surface area (Å²) in [7, 11) is 1.57. The third kappa shape index (κ3) is 3.42. The smallest absolute Gasteiger partial charge is 0.120 e. The molecule has 0 aliphatic heterocycles. The molecule has 2 N–H and O–H groups in total. The lowest BCUT2D eigenvalue weighted by atomic mass is 10.6. The maximum atomic E-state index is 5.23. The van der Waals surface area contributed by atoms with Crippen molar-refractivity contribution in [2.24, 2.45) is 10.7 Å². The van der Waals surface area contributed by atoms with Gasteiger partial charge in [-0.15, -0.1) is 0 Å². The van der Waals surface area contributed by atoms with Crippen LogP contribution in [0, 0.1) is 0 Å². The van der Waals surface area contributed by atoms with Crippen molar-refractivity contribution in [2.75, 3.05) is 13.7 Å². The highest BCUT2D eigenvalue weighted by Gasteiger charge is 1.90. The van der Waals surface area contributed by atoms with Crippen LogP contribution in [0.15, 0.2) is 4.99 Å². The zero-order chi connectivity index (χ0) is 5.70. The van der Waals surface area contributed by atoms with Crippen molar-refractivity contribution < 1.29 is 4.74 Å². The standard InChI is InChI=1S/C4H10N2O/c1-6-4(5)3-7-2/h4H,1,3,5H2,2H3. The Balaban J connectivity index is 2.98. The van der Waals surface area contributed by atoms with Crippen molar-refractivity contribution in [1.29, 1.82) is 0 Å². The molecule has 0 radical (unpaired) electrons.